The molecule has 10 nitrogen and oxygen atoms in total. The molecule has 4 heterocycles. The fraction of sp³-hybridized carbons (Fsp3) is 0.357. The molecule has 1 spiro atoms. The Morgan fingerprint density at radius 1 is 1.17 bits per heavy atom. The highest BCUT2D eigenvalue weighted by atomic mass is 35.5. The van der Waals surface area contributed by atoms with Gasteiger partial charge in [-0.3, -0.25) is 4.79 Å². The minimum atomic E-state index is -4.83. The van der Waals surface area contributed by atoms with Crippen LogP contribution < -0.4 is 20.7 Å². The molecule has 4 N–H and O–H groups in total. The van der Waals surface area contributed by atoms with E-state index in [1.165, 1.54) is 28.9 Å². The first-order chi connectivity index (χ1) is 20.0. The number of carbonyl (C=O) groups is 1. The molecular weight excluding hydrogens is 575 g/mol. The van der Waals surface area contributed by atoms with E-state index in [9.17, 15) is 23.1 Å². The van der Waals surface area contributed by atoms with E-state index in [4.69, 9.17) is 22.1 Å². The van der Waals surface area contributed by atoms with Crippen LogP contribution in [-0.4, -0.2) is 62.7 Å². The molecule has 220 valence electrons. The van der Waals surface area contributed by atoms with Crippen LogP contribution in [0.15, 0.2) is 54.7 Å². The Morgan fingerprint density at radius 3 is 2.64 bits per heavy atom. The molecule has 0 aliphatic carbocycles. The molecule has 42 heavy (non-hydrogen) atoms. The number of benzene rings is 2. The number of carboxylic acid groups (broad SMARTS) is 1. The zero-order valence-corrected chi connectivity index (χ0v) is 22.9. The number of nitrogens with two attached hydrogens (primary N) is 1. The van der Waals surface area contributed by atoms with E-state index < -0.39 is 24.3 Å². The molecular formula is C28H27ClF3N7O3. The van der Waals surface area contributed by atoms with E-state index in [0.717, 1.165) is 5.39 Å². The second-order valence-corrected chi connectivity index (χ2v) is 11.2. The molecule has 2 aromatic heterocycles. The standard InChI is InChI=1S/C28H27ClF3N7O3/c29-17-5-6-18(21(11-17)39-20-4-2-1-3-16(20)14-35-39)24(28(30,31)32)42-23-12-22(36-26(33)37-23)38-9-7-27(8-10-38)13-19(25(40)41)34-15-27/h1-6,11-12,14,19,24,34H,7-10,13,15H2,(H,40,41)(H2,33,36,37)/t19?,24-/m1/s1. The van der Waals surface area contributed by atoms with Crippen molar-refractivity contribution in [1.29, 1.82) is 0 Å². The molecule has 2 aliphatic rings. The van der Waals surface area contributed by atoms with E-state index in [1.807, 2.05) is 17.0 Å². The van der Waals surface area contributed by atoms with Crippen molar-refractivity contribution in [2.45, 2.75) is 37.6 Å². The van der Waals surface area contributed by atoms with Gasteiger partial charge in [0, 0.05) is 41.7 Å². The number of hydrogen-bond donors (Lipinski definition) is 3. The van der Waals surface area contributed by atoms with Crippen molar-refractivity contribution >= 4 is 40.2 Å². The van der Waals surface area contributed by atoms with Crippen LogP contribution in [0.1, 0.15) is 30.9 Å². The van der Waals surface area contributed by atoms with E-state index in [1.54, 1.807) is 18.3 Å². The highest BCUT2D eigenvalue weighted by molar-refractivity contribution is 6.30. The highest BCUT2D eigenvalue weighted by Crippen LogP contribution is 2.42. The fourth-order valence-corrected chi connectivity index (χ4v) is 6.01. The van der Waals surface area contributed by atoms with E-state index in [0.29, 0.717) is 50.2 Å². The second kappa shape index (κ2) is 10.6. The average molecular weight is 602 g/mol. The number of ether oxygens (including phenoxy) is 1. The quantitative estimate of drug-likeness (QED) is 0.286. The van der Waals surface area contributed by atoms with Gasteiger partial charge in [-0.25, -0.2) is 4.68 Å². The van der Waals surface area contributed by atoms with E-state index in [2.05, 4.69) is 20.4 Å². The van der Waals surface area contributed by atoms with Gasteiger partial charge in [0.1, 0.15) is 11.9 Å². The zero-order chi connectivity index (χ0) is 29.6. The van der Waals surface area contributed by atoms with Crippen molar-refractivity contribution in [3.8, 4) is 11.6 Å². The highest BCUT2D eigenvalue weighted by Gasteiger charge is 2.46. The number of fused-ring (bicyclic) bond motifs is 1. The van der Waals surface area contributed by atoms with Crippen LogP contribution in [-0.2, 0) is 4.79 Å². The number of nitrogens with zero attached hydrogens (tertiary/aromatic N) is 5. The maximum atomic E-state index is 14.6. The summed E-state index contributed by atoms with van der Waals surface area (Å²) in [6.07, 6.45) is -3.77. The molecule has 0 saturated carbocycles. The maximum Gasteiger partial charge on any atom is 0.429 e. The lowest BCUT2D eigenvalue weighted by molar-refractivity contribution is -0.198. The Bertz CT molecular complexity index is 1640. The number of aliphatic carboxylic acids is 1. The van der Waals surface area contributed by atoms with Gasteiger partial charge < -0.3 is 25.8 Å². The number of halogens is 4. The number of nitrogen functional groups attached to an aromatic ring is 1. The van der Waals surface area contributed by atoms with E-state index >= 15 is 0 Å². The van der Waals surface area contributed by atoms with Crippen LogP contribution in [0.25, 0.3) is 16.6 Å². The Labute approximate surface area is 243 Å². The van der Waals surface area contributed by atoms with Gasteiger partial charge in [-0.05, 0) is 42.9 Å². The minimum absolute atomic E-state index is 0.111. The van der Waals surface area contributed by atoms with Gasteiger partial charge in [-0.15, -0.1) is 0 Å². The number of para-hydroxylation sites is 1. The number of piperidine rings is 1. The van der Waals surface area contributed by atoms with Gasteiger partial charge >= 0.3 is 12.1 Å². The molecule has 2 aliphatic heterocycles. The summed E-state index contributed by atoms with van der Waals surface area (Å²) < 4.78 is 50.8. The van der Waals surface area contributed by atoms with Crippen molar-refractivity contribution in [2.75, 3.05) is 30.3 Å². The molecule has 2 aromatic carbocycles. The molecule has 6 rings (SSSR count). The van der Waals surface area contributed by atoms with Gasteiger partial charge in [0.25, 0.3) is 0 Å². The number of aromatic nitrogens is 4. The first kappa shape index (κ1) is 28.0. The molecule has 2 fully saturated rings. The van der Waals surface area contributed by atoms with Crippen molar-refractivity contribution in [2.24, 2.45) is 5.41 Å². The predicted octanol–water partition coefficient (Wildman–Crippen LogP) is 4.77. The first-order valence-electron chi connectivity index (χ1n) is 13.3. The third-order valence-electron chi connectivity index (χ3n) is 8.03. The third-order valence-corrected chi connectivity index (χ3v) is 8.26. The molecule has 1 unspecified atom stereocenters. The number of alkyl halides is 3. The molecule has 14 heteroatoms. The van der Waals surface area contributed by atoms with Crippen LogP contribution in [0.3, 0.4) is 0 Å². The van der Waals surface area contributed by atoms with Gasteiger partial charge in [0.15, 0.2) is 0 Å². The Balaban J connectivity index is 1.29. The fourth-order valence-electron chi connectivity index (χ4n) is 5.85. The average Bonchev–Trinajstić information content (AvgIpc) is 3.56. The Morgan fingerprint density at radius 2 is 1.93 bits per heavy atom. The summed E-state index contributed by atoms with van der Waals surface area (Å²) in [7, 11) is 0. The largest absolute Gasteiger partial charge is 0.480 e. The van der Waals surface area contributed by atoms with Gasteiger partial charge in [0.05, 0.1) is 17.4 Å². The van der Waals surface area contributed by atoms with Crippen LogP contribution in [0.4, 0.5) is 24.9 Å². The van der Waals surface area contributed by atoms with Gasteiger partial charge in [0.2, 0.25) is 17.9 Å². The maximum absolute atomic E-state index is 14.6. The van der Waals surface area contributed by atoms with Gasteiger partial charge in [-0.2, -0.15) is 28.2 Å². The van der Waals surface area contributed by atoms with E-state index in [-0.39, 0.29) is 33.5 Å². The molecule has 0 bridgehead atoms. The minimum Gasteiger partial charge on any atom is -0.480 e. The number of anilines is 2. The normalized spacial score (nSPS) is 19.3. The number of nitrogens with one attached hydrogen (secondary N) is 1. The van der Waals surface area contributed by atoms with Crippen LogP contribution in [0, 0.1) is 5.41 Å². The second-order valence-electron chi connectivity index (χ2n) is 10.7. The number of carboxylic acids is 1. The van der Waals surface area contributed by atoms with Crippen molar-refractivity contribution in [1.82, 2.24) is 25.1 Å². The van der Waals surface area contributed by atoms with Crippen LogP contribution in [0.5, 0.6) is 5.88 Å². The Kier molecular flexibility index (Phi) is 7.09. The van der Waals surface area contributed by atoms with Gasteiger partial charge in [-0.1, -0.05) is 35.9 Å². The number of rotatable bonds is 6. The third kappa shape index (κ3) is 5.41. The van der Waals surface area contributed by atoms with Crippen LogP contribution >= 0.6 is 11.6 Å². The summed E-state index contributed by atoms with van der Waals surface area (Å²) in [6, 6.07) is 11.9. The van der Waals surface area contributed by atoms with Crippen LogP contribution in [0.2, 0.25) is 5.02 Å². The summed E-state index contributed by atoms with van der Waals surface area (Å²) in [6.45, 7) is 1.65. The molecule has 0 amide bonds. The smallest absolute Gasteiger partial charge is 0.429 e. The molecule has 2 atom stereocenters. The Hall–Kier alpha value is -4.10. The molecule has 0 radical (unpaired) electrons. The summed E-state index contributed by atoms with van der Waals surface area (Å²) >= 11 is 6.22. The summed E-state index contributed by atoms with van der Waals surface area (Å²) in [5, 5.41) is 17.7. The summed E-state index contributed by atoms with van der Waals surface area (Å²) in [5.41, 5.74) is 6.28. The van der Waals surface area contributed by atoms with Crippen molar-refractivity contribution < 1.29 is 27.8 Å². The van der Waals surface area contributed by atoms with Crippen molar-refractivity contribution in [3.63, 3.8) is 0 Å². The lowest BCUT2D eigenvalue weighted by Crippen LogP contribution is -2.41. The summed E-state index contributed by atoms with van der Waals surface area (Å²) in [5.74, 6) is -1.10. The molecule has 4 aromatic rings. The monoisotopic (exact) mass is 601 g/mol. The lowest BCUT2D eigenvalue weighted by Gasteiger charge is -2.39. The lowest BCUT2D eigenvalue weighted by atomic mass is 9.76. The predicted molar refractivity (Wildman–Crippen MR) is 150 cm³/mol. The number of hydrogen-bond acceptors (Lipinski definition) is 8. The van der Waals surface area contributed by atoms with Crippen molar-refractivity contribution in [3.05, 3.63) is 65.3 Å². The zero-order valence-electron chi connectivity index (χ0n) is 22.2. The first-order valence-corrected chi connectivity index (χ1v) is 13.7. The summed E-state index contributed by atoms with van der Waals surface area (Å²) in [4.78, 5) is 21.5. The topological polar surface area (TPSA) is 131 Å². The SMILES string of the molecule is Nc1nc(O[C@H](c2ccc(Cl)cc2-n2ncc3ccccc32)C(F)(F)F)cc(N2CCC3(CC2)CNC(C(=O)O)C3)n1. The molecule has 2 saturated heterocycles.